The summed E-state index contributed by atoms with van der Waals surface area (Å²) in [7, 11) is 0. The second-order valence-electron chi connectivity index (χ2n) is 3.68. The molecule has 12 heavy (non-hydrogen) atoms. The Morgan fingerprint density at radius 3 is 2.83 bits per heavy atom. The lowest BCUT2D eigenvalue weighted by molar-refractivity contribution is 0.530. The number of fused-ring (bicyclic) bond motifs is 1. The highest BCUT2D eigenvalue weighted by Crippen LogP contribution is 2.83. The molecule has 2 fully saturated rings. The molecule has 1 aromatic heterocycles. The molecule has 0 aliphatic heterocycles. The molecule has 0 amide bonds. The van der Waals surface area contributed by atoms with Gasteiger partial charge in [0.1, 0.15) is 0 Å². The Morgan fingerprint density at radius 2 is 2.42 bits per heavy atom. The van der Waals surface area contributed by atoms with Gasteiger partial charge in [0.15, 0.2) is 0 Å². The van der Waals surface area contributed by atoms with Gasteiger partial charge < -0.3 is 0 Å². The van der Waals surface area contributed by atoms with E-state index in [-0.39, 0.29) is 11.0 Å². The van der Waals surface area contributed by atoms with E-state index in [9.17, 15) is 0 Å². The number of hydrogen-bond donors (Lipinski definition) is 0. The largest absolute Gasteiger partial charge is 0.264 e. The molecule has 4 heteroatoms. The van der Waals surface area contributed by atoms with Crippen molar-refractivity contribution in [3.05, 3.63) is 16.9 Å². The molecular formula is C8H6BrN3. The average molecular weight is 224 g/mol. The molecular weight excluding hydrogens is 218 g/mol. The number of rotatable bonds is 1. The Hall–Kier alpha value is -0.820. The predicted octanol–water partition coefficient (Wildman–Crippen LogP) is 1.66. The van der Waals surface area contributed by atoms with E-state index in [2.05, 4.69) is 27.1 Å². The van der Waals surface area contributed by atoms with Crippen LogP contribution in [0.5, 0.6) is 0 Å². The molecule has 0 aromatic carbocycles. The lowest BCUT2D eigenvalue weighted by Gasteiger charge is -1.99. The van der Waals surface area contributed by atoms with Gasteiger partial charge in [0.2, 0.25) is 0 Å². The molecule has 1 heterocycles. The van der Waals surface area contributed by atoms with E-state index in [1.165, 1.54) is 0 Å². The zero-order chi connectivity index (χ0) is 8.40. The van der Waals surface area contributed by atoms with Crippen LogP contribution in [0.4, 0.5) is 0 Å². The topological polar surface area (TPSA) is 41.6 Å². The monoisotopic (exact) mass is 223 g/mol. The summed E-state index contributed by atoms with van der Waals surface area (Å²) in [4.78, 5) is 0. The van der Waals surface area contributed by atoms with E-state index in [1.54, 1.807) is 6.20 Å². The van der Waals surface area contributed by atoms with E-state index in [4.69, 9.17) is 5.26 Å². The van der Waals surface area contributed by atoms with Gasteiger partial charge in [-0.2, -0.15) is 10.4 Å². The molecule has 1 aromatic rings. The smallest absolute Gasteiger partial charge is 0.0874 e. The van der Waals surface area contributed by atoms with Crippen LogP contribution in [0.1, 0.15) is 12.8 Å². The quantitative estimate of drug-likeness (QED) is 0.727. The highest BCUT2D eigenvalue weighted by molar-refractivity contribution is 9.10. The first-order valence-corrected chi connectivity index (χ1v) is 4.64. The second-order valence-corrected chi connectivity index (χ2v) is 4.60. The zero-order valence-electron chi connectivity index (χ0n) is 6.29. The van der Waals surface area contributed by atoms with Crippen molar-refractivity contribution in [2.75, 3.05) is 0 Å². The highest BCUT2D eigenvalue weighted by atomic mass is 79.9. The van der Waals surface area contributed by atoms with Gasteiger partial charge in [-0.1, -0.05) is 0 Å². The molecule has 3 nitrogen and oxygen atoms in total. The molecule has 0 atom stereocenters. The third-order valence-electron chi connectivity index (χ3n) is 3.03. The van der Waals surface area contributed by atoms with Crippen molar-refractivity contribution in [3.8, 4) is 6.07 Å². The average Bonchev–Trinajstić information content (AvgIpc) is 2.78. The van der Waals surface area contributed by atoms with E-state index in [1.807, 2.05) is 10.9 Å². The molecule has 0 spiro atoms. The van der Waals surface area contributed by atoms with E-state index in [0.29, 0.717) is 0 Å². The van der Waals surface area contributed by atoms with Crippen LogP contribution in [0.3, 0.4) is 0 Å². The summed E-state index contributed by atoms with van der Waals surface area (Å²) in [6.07, 6.45) is 5.70. The lowest BCUT2D eigenvalue weighted by Crippen LogP contribution is -2.06. The molecule has 2 saturated carbocycles. The maximum absolute atomic E-state index is 8.84. The Labute approximate surface area is 78.1 Å². The van der Waals surface area contributed by atoms with Crippen LogP contribution < -0.4 is 0 Å². The summed E-state index contributed by atoms with van der Waals surface area (Å²) in [6.45, 7) is 0. The summed E-state index contributed by atoms with van der Waals surface area (Å²) >= 11 is 3.34. The van der Waals surface area contributed by atoms with Gasteiger partial charge in [-0.3, -0.25) is 4.68 Å². The van der Waals surface area contributed by atoms with Gasteiger partial charge in [0.05, 0.1) is 27.7 Å². The van der Waals surface area contributed by atoms with Gasteiger partial charge in [-0.15, -0.1) is 0 Å². The molecule has 0 unspecified atom stereocenters. The van der Waals surface area contributed by atoms with Crippen molar-refractivity contribution in [3.63, 3.8) is 0 Å². The van der Waals surface area contributed by atoms with Gasteiger partial charge in [-0.05, 0) is 28.8 Å². The number of nitrogens with zero attached hydrogens (tertiary/aromatic N) is 3. The fraction of sp³-hybridized carbons (Fsp3) is 0.500. The summed E-state index contributed by atoms with van der Waals surface area (Å²) < 4.78 is 2.92. The van der Waals surface area contributed by atoms with Crippen molar-refractivity contribution >= 4 is 15.9 Å². The highest BCUT2D eigenvalue weighted by Gasteiger charge is 2.86. The third kappa shape index (κ3) is 0.526. The van der Waals surface area contributed by atoms with Crippen LogP contribution >= 0.6 is 15.9 Å². The van der Waals surface area contributed by atoms with Crippen molar-refractivity contribution < 1.29 is 0 Å². The van der Waals surface area contributed by atoms with Crippen LogP contribution in [0.15, 0.2) is 16.9 Å². The van der Waals surface area contributed by atoms with Crippen LogP contribution in [0.25, 0.3) is 0 Å². The normalized spacial score (nSPS) is 41.7. The van der Waals surface area contributed by atoms with Crippen molar-refractivity contribution in [2.24, 2.45) is 5.41 Å². The standard InChI is InChI=1S/C8H6BrN3/c9-6-1-11-12(2-6)8-3-7(8,4-8)5-10/h1-2H,3-4H2. The molecule has 60 valence electrons. The maximum Gasteiger partial charge on any atom is 0.0874 e. The maximum atomic E-state index is 8.84. The molecule has 2 aliphatic carbocycles. The summed E-state index contributed by atoms with van der Waals surface area (Å²) in [5, 5.41) is 13.0. The fourth-order valence-electron chi connectivity index (χ4n) is 1.96. The lowest BCUT2D eigenvalue weighted by atomic mass is 10.2. The van der Waals surface area contributed by atoms with Crippen molar-refractivity contribution in [1.82, 2.24) is 9.78 Å². The second kappa shape index (κ2) is 1.60. The molecule has 2 aliphatic rings. The first-order chi connectivity index (χ1) is 5.72. The molecule has 0 bridgehead atoms. The van der Waals surface area contributed by atoms with Crippen molar-refractivity contribution in [2.45, 2.75) is 18.4 Å². The minimum absolute atomic E-state index is 0.0432. The number of nitriles is 1. The van der Waals surface area contributed by atoms with Gasteiger partial charge >= 0.3 is 0 Å². The summed E-state index contributed by atoms with van der Waals surface area (Å²) in [5.74, 6) is 0. The Bertz CT molecular complexity index is 395. The van der Waals surface area contributed by atoms with E-state index in [0.717, 1.165) is 17.3 Å². The van der Waals surface area contributed by atoms with Crippen LogP contribution in [0.2, 0.25) is 0 Å². The number of aromatic nitrogens is 2. The number of hydrogen-bond acceptors (Lipinski definition) is 2. The van der Waals surface area contributed by atoms with E-state index < -0.39 is 0 Å². The molecule has 3 rings (SSSR count). The fourth-order valence-corrected chi connectivity index (χ4v) is 2.24. The Kier molecular flexibility index (Phi) is 0.887. The Balaban J connectivity index is 2.01. The molecule has 0 saturated heterocycles. The number of halogens is 1. The molecule has 0 N–H and O–H groups in total. The van der Waals surface area contributed by atoms with Crippen LogP contribution in [-0.4, -0.2) is 9.78 Å². The summed E-state index contributed by atoms with van der Waals surface area (Å²) in [6, 6.07) is 2.36. The first-order valence-electron chi connectivity index (χ1n) is 3.84. The van der Waals surface area contributed by atoms with Gasteiger partial charge in [0.25, 0.3) is 0 Å². The van der Waals surface area contributed by atoms with Crippen LogP contribution in [-0.2, 0) is 5.54 Å². The van der Waals surface area contributed by atoms with Gasteiger partial charge in [0, 0.05) is 6.20 Å². The van der Waals surface area contributed by atoms with Gasteiger partial charge in [-0.25, -0.2) is 0 Å². The predicted molar refractivity (Wildman–Crippen MR) is 45.2 cm³/mol. The third-order valence-corrected chi connectivity index (χ3v) is 3.44. The SMILES string of the molecule is N#CC12CC1(n1cc(Br)cn1)C2. The first kappa shape index (κ1) is 6.67. The van der Waals surface area contributed by atoms with E-state index >= 15 is 0 Å². The summed E-state index contributed by atoms with van der Waals surface area (Å²) in [5.41, 5.74) is 0.0478. The molecule has 0 radical (unpaired) electrons. The van der Waals surface area contributed by atoms with Crippen molar-refractivity contribution in [1.29, 1.82) is 5.26 Å². The minimum Gasteiger partial charge on any atom is -0.264 e. The zero-order valence-corrected chi connectivity index (χ0v) is 7.87. The minimum atomic E-state index is -0.0432. The van der Waals surface area contributed by atoms with Crippen LogP contribution in [0, 0.1) is 16.7 Å². The Morgan fingerprint density at radius 1 is 1.67 bits per heavy atom.